The maximum atomic E-state index is 13.2. The number of carbonyl (C=O) groups is 1. The molecular formula is C30H27N5O2. The number of benzene rings is 3. The second kappa shape index (κ2) is 10.5. The fourth-order valence-corrected chi connectivity index (χ4v) is 4.43. The molecule has 0 fully saturated rings. The Hall–Kier alpha value is -4.75. The summed E-state index contributed by atoms with van der Waals surface area (Å²) in [6.07, 6.45) is 3.45. The summed E-state index contributed by atoms with van der Waals surface area (Å²) in [6, 6.07) is 26.5. The highest BCUT2D eigenvalue weighted by Crippen LogP contribution is 2.24. The van der Waals surface area contributed by atoms with Crippen LogP contribution >= 0.6 is 0 Å². The van der Waals surface area contributed by atoms with E-state index >= 15 is 0 Å². The summed E-state index contributed by atoms with van der Waals surface area (Å²) in [5.41, 5.74) is 16.8. The molecule has 0 atom stereocenters. The Morgan fingerprint density at radius 1 is 0.892 bits per heavy atom. The van der Waals surface area contributed by atoms with Crippen molar-refractivity contribution in [2.75, 3.05) is 5.73 Å². The van der Waals surface area contributed by atoms with Crippen LogP contribution in [-0.2, 0) is 19.6 Å². The van der Waals surface area contributed by atoms with Gasteiger partial charge in [-0.1, -0.05) is 42.5 Å². The van der Waals surface area contributed by atoms with Gasteiger partial charge in [0.05, 0.1) is 6.54 Å². The highest BCUT2D eigenvalue weighted by molar-refractivity contribution is 5.94. The van der Waals surface area contributed by atoms with Crippen LogP contribution in [-0.4, -0.2) is 15.5 Å². The van der Waals surface area contributed by atoms with Crippen molar-refractivity contribution in [3.63, 3.8) is 0 Å². The van der Waals surface area contributed by atoms with Crippen molar-refractivity contribution in [3.8, 4) is 11.1 Å². The first-order chi connectivity index (χ1) is 18.0. The highest BCUT2D eigenvalue weighted by Gasteiger charge is 2.10. The summed E-state index contributed by atoms with van der Waals surface area (Å²) < 4.78 is 1.65. The molecular weight excluding hydrogens is 462 g/mol. The minimum atomic E-state index is -0.177. The number of carbonyl (C=O) groups excluding carboxylic acids is 1. The number of pyridine rings is 2. The second-order valence-electron chi connectivity index (χ2n) is 8.88. The molecule has 184 valence electrons. The number of hydrogen-bond donors (Lipinski definition) is 3. The van der Waals surface area contributed by atoms with E-state index in [0.717, 1.165) is 33.2 Å². The third-order valence-corrected chi connectivity index (χ3v) is 6.41. The normalized spacial score (nSPS) is 10.9. The maximum Gasteiger partial charge on any atom is 0.258 e. The zero-order valence-corrected chi connectivity index (χ0v) is 20.2. The van der Waals surface area contributed by atoms with Crippen LogP contribution in [0.5, 0.6) is 0 Å². The monoisotopic (exact) mass is 489 g/mol. The van der Waals surface area contributed by atoms with Gasteiger partial charge in [-0.05, 0) is 75.7 Å². The number of rotatable bonds is 7. The average Bonchev–Trinajstić information content (AvgIpc) is 2.93. The van der Waals surface area contributed by atoms with Gasteiger partial charge in [-0.15, -0.1) is 0 Å². The Labute approximate surface area is 214 Å². The van der Waals surface area contributed by atoms with E-state index in [1.54, 1.807) is 23.0 Å². The molecule has 5 rings (SSSR count). The first-order valence-corrected chi connectivity index (χ1v) is 12.0. The first kappa shape index (κ1) is 24.0. The van der Waals surface area contributed by atoms with Crippen molar-refractivity contribution in [2.45, 2.75) is 19.6 Å². The average molecular weight is 490 g/mol. The standard InChI is InChI=1S/C30H27N5O2/c31-17-25-5-1-2-6-26(25)18-34-29(36)24-7-3-4-20(14-24)19-35-13-11-23-15-21(8-9-27(23)30(35)37)22-10-12-33-28(32)16-22/h1-16H,17-19,31H2,(H2,32,33)(H,34,36). The van der Waals surface area contributed by atoms with E-state index in [-0.39, 0.29) is 11.5 Å². The van der Waals surface area contributed by atoms with E-state index in [1.807, 2.05) is 78.9 Å². The largest absolute Gasteiger partial charge is 0.384 e. The number of nitrogens with two attached hydrogens (primary N) is 2. The minimum absolute atomic E-state index is 0.0912. The molecule has 5 N–H and O–H groups in total. The van der Waals surface area contributed by atoms with Crippen molar-refractivity contribution < 1.29 is 4.79 Å². The quantitative estimate of drug-likeness (QED) is 0.319. The molecule has 0 saturated heterocycles. The molecule has 2 aromatic heterocycles. The molecule has 5 aromatic rings. The fourth-order valence-electron chi connectivity index (χ4n) is 4.43. The zero-order chi connectivity index (χ0) is 25.8. The van der Waals surface area contributed by atoms with E-state index in [9.17, 15) is 9.59 Å². The number of nitrogens with zero attached hydrogens (tertiary/aromatic N) is 2. The van der Waals surface area contributed by atoms with Crippen molar-refractivity contribution in [2.24, 2.45) is 5.73 Å². The first-order valence-electron chi connectivity index (χ1n) is 12.0. The van der Waals surface area contributed by atoms with Gasteiger partial charge in [0.2, 0.25) is 0 Å². The number of hydrogen-bond acceptors (Lipinski definition) is 5. The summed E-state index contributed by atoms with van der Waals surface area (Å²) in [4.78, 5) is 30.1. The fraction of sp³-hybridized carbons (Fsp3) is 0.100. The van der Waals surface area contributed by atoms with Crippen molar-refractivity contribution in [1.29, 1.82) is 0 Å². The van der Waals surface area contributed by atoms with Crippen LogP contribution < -0.4 is 22.3 Å². The summed E-state index contributed by atoms with van der Waals surface area (Å²) in [7, 11) is 0. The van der Waals surface area contributed by atoms with Crippen LogP contribution in [0.15, 0.2) is 102 Å². The molecule has 2 heterocycles. The smallest absolute Gasteiger partial charge is 0.258 e. The lowest BCUT2D eigenvalue weighted by Gasteiger charge is -2.11. The highest BCUT2D eigenvalue weighted by atomic mass is 16.1. The topological polar surface area (TPSA) is 116 Å². The Balaban J connectivity index is 1.34. The summed E-state index contributed by atoms with van der Waals surface area (Å²) >= 11 is 0. The molecule has 0 aliphatic carbocycles. The Kier molecular flexibility index (Phi) is 6.78. The van der Waals surface area contributed by atoms with Crippen LogP contribution in [0, 0.1) is 0 Å². The summed E-state index contributed by atoms with van der Waals surface area (Å²) in [5.74, 6) is 0.271. The van der Waals surface area contributed by atoms with Crippen molar-refractivity contribution in [1.82, 2.24) is 14.9 Å². The van der Waals surface area contributed by atoms with Gasteiger partial charge in [0, 0.05) is 36.4 Å². The Bertz CT molecular complexity index is 1660. The van der Waals surface area contributed by atoms with E-state index in [4.69, 9.17) is 11.5 Å². The van der Waals surface area contributed by atoms with E-state index in [0.29, 0.717) is 36.4 Å². The Morgan fingerprint density at radius 2 is 1.70 bits per heavy atom. The molecule has 0 spiro atoms. The molecule has 0 unspecified atom stereocenters. The van der Waals surface area contributed by atoms with Gasteiger partial charge in [0.25, 0.3) is 11.5 Å². The van der Waals surface area contributed by atoms with Gasteiger partial charge < -0.3 is 21.4 Å². The van der Waals surface area contributed by atoms with Gasteiger partial charge >= 0.3 is 0 Å². The lowest BCUT2D eigenvalue weighted by Crippen LogP contribution is -2.24. The Morgan fingerprint density at radius 3 is 2.51 bits per heavy atom. The van der Waals surface area contributed by atoms with Crippen molar-refractivity contribution in [3.05, 3.63) is 130 Å². The van der Waals surface area contributed by atoms with Gasteiger partial charge in [-0.25, -0.2) is 4.98 Å². The molecule has 0 saturated carbocycles. The van der Waals surface area contributed by atoms with Crippen LogP contribution in [0.25, 0.3) is 21.9 Å². The third kappa shape index (κ3) is 5.27. The summed E-state index contributed by atoms with van der Waals surface area (Å²) in [5, 5.41) is 4.44. The van der Waals surface area contributed by atoms with Gasteiger partial charge in [0.15, 0.2) is 0 Å². The van der Waals surface area contributed by atoms with Crippen molar-refractivity contribution >= 4 is 22.5 Å². The van der Waals surface area contributed by atoms with Crippen LogP contribution in [0.3, 0.4) is 0 Å². The summed E-state index contributed by atoms with van der Waals surface area (Å²) in [6.45, 7) is 1.17. The molecule has 1 amide bonds. The zero-order valence-electron chi connectivity index (χ0n) is 20.2. The minimum Gasteiger partial charge on any atom is -0.384 e. The number of fused-ring (bicyclic) bond motifs is 1. The van der Waals surface area contributed by atoms with Crippen LogP contribution in [0.2, 0.25) is 0 Å². The van der Waals surface area contributed by atoms with Gasteiger partial charge in [-0.3, -0.25) is 9.59 Å². The van der Waals surface area contributed by atoms with E-state index < -0.39 is 0 Å². The molecule has 7 nitrogen and oxygen atoms in total. The lowest BCUT2D eigenvalue weighted by atomic mass is 10.0. The third-order valence-electron chi connectivity index (χ3n) is 6.41. The van der Waals surface area contributed by atoms with E-state index in [2.05, 4.69) is 10.3 Å². The number of aromatic nitrogens is 2. The SMILES string of the molecule is NCc1ccccc1CNC(=O)c1cccc(Cn2ccc3cc(-c4ccnc(N)c4)ccc3c2=O)c1. The number of amides is 1. The molecule has 37 heavy (non-hydrogen) atoms. The number of anilines is 1. The predicted molar refractivity (Wildman–Crippen MR) is 147 cm³/mol. The number of nitrogen functional groups attached to an aromatic ring is 1. The van der Waals surface area contributed by atoms with Crippen LogP contribution in [0.4, 0.5) is 5.82 Å². The molecule has 3 aromatic carbocycles. The molecule has 0 bridgehead atoms. The molecule has 0 radical (unpaired) electrons. The van der Waals surface area contributed by atoms with Gasteiger partial charge in [0.1, 0.15) is 5.82 Å². The lowest BCUT2D eigenvalue weighted by molar-refractivity contribution is 0.0950. The van der Waals surface area contributed by atoms with E-state index in [1.165, 1.54) is 0 Å². The molecule has 7 heteroatoms. The maximum absolute atomic E-state index is 13.2. The van der Waals surface area contributed by atoms with Crippen LogP contribution in [0.1, 0.15) is 27.0 Å². The van der Waals surface area contributed by atoms with Gasteiger partial charge in [-0.2, -0.15) is 0 Å². The predicted octanol–water partition coefficient (Wildman–Crippen LogP) is 4.08. The molecule has 0 aliphatic rings. The second-order valence-corrected chi connectivity index (χ2v) is 8.88. The molecule has 0 aliphatic heterocycles. The number of nitrogens with one attached hydrogen (secondary N) is 1.